The third-order valence-corrected chi connectivity index (χ3v) is 5.76. The zero-order chi connectivity index (χ0) is 13.9. The van der Waals surface area contributed by atoms with Gasteiger partial charge in [-0.05, 0) is 25.2 Å². The van der Waals surface area contributed by atoms with Gasteiger partial charge in [0.25, 0.3) is 0 Å². The minimum absolute atomic E-state index is 0.00702. The van der Waals surface area contributed by atoms with Crippen LogP contribution in [0.2, 0.25) is 0 Å². The molecule has 0 aromatic carbocycles. The largest absolute Gasteiger partial charge is 0.462 e. The van der Waals surface area contributed by atoms with Crippen molar-refractivity contribution in [1.82, 2.24) is 0 Å². The van der Waals surface area contributed by atoms with E-state index in [1.54, 1.807) is 0 Å². The highest BCUT2D eigenvalue weighted by atomic mass is 16.6. The normalized spacial score (nSPS) is 47.6. The van der Waals surface area contributed by atoms with Crippen molar-refractivity contribution in [3.05, 3.63) is 0 Å². The third kappa shape index (κ3) is 1.91. The molecule has 3 aliphatic rings. The van der Waals surface area contributed by atoms with Gasteiger partial charge in [-0.3, -0.25) is 4.79 Å². The summed E-state index contributed by atoms with van der Waals surface area (Å²) in [5.74, 6) is -0.620. The van der Waals surface area contributed by atoms with E-state index < -0.39 is 5.79 Å². The summed E-state index contributed by atoms with van der Waals surface area (Å²) >= 11 is 0. The van der Waals surface area contributed by atoms with E-state index in [0.29, 0.717) is 18.9 Å². The Labute approximate surface area is 114 Å². The fraction of sp³-hybridized carbons (Fsp3) is 0.933. The Kier molecular flexibility index (Phi) is 2.78. The van der Waals surface area contributed by atoms with Gasteiger partial charge in [0.1, 0.15) is 6.10 Å². The highest BCUT2D eigenvalue weighted by molar-refractivity contribution is 5.66. The number of esters is 1. The molecule has 2 bridgehead atoms. The minimum atomic E-state index is -0.888. The van der Waals surface area contributed by atoms with Crippen molar-refractivity contribution in [2.45, 2.75) is 64.8 Å². The first-order chi connectivity index (χ1) is 8.78. The Morgan fingerprint density at radius 1 is 1.32 bits per heavy atom. The van der Waals surface area contributed by atoms with Gasteiger partial charge in [-0.15, -0.1) is 0 Å². The lowest BCUT2D eigenvalue weighted by atomic mass is 9.50. The summed E-state index contributed by atoms with van der Waals surface area (Å²) in [6, 6.07) is 0. The molecule has 0 aromatic heterocycles. The molecule has 3 fully saturated rings. The maximum absolute atomic E-state index is 11.3. The van der Waals surface area contributed by atoms with Crippen molar-refractivity contribution in [3.8, 4) is 0 Å². The van der Waals surface area contributed by atoms with Crippen molar-refractivity contribution in [3.63, 3.8) is 0 Å². The van der Waals surface area contributed by atoms with Crippen LogP contribution < -0.4 is 0 Å². The number of rotatable bonds is 1. The number of hydrogen-bond acceptors (Lipinski definition) is 4. The van der Waals surface area contributed by atoms with E-state index in [4.69, 9.17) is 9.47 Å². The summed E-state index contributed by atoms with van der Waals surface area (Å²) in [6.45, 7) is 6.55. The Bertz CT molecular complexity index is 405. The van der Waals surface area contributed by atoms with Gasteiger partial charge in [0.05, 0.1) is 6.61 Å². The zero-order valence-electron chi connectivity index (χ0n) is 12.1. The highest BCUT2D eigenvalue weighted by Crippen LogP contribution is 2.63. The predicted molar refractivity (Wildman–Crippen MR) is 69.2 cm³/mol. The van der Waals surface area contributed by atoms with Crippen LogP contribution in [0.15, 0.2) is 0 Å². The molecule has 2 aliphatic carbocycles. The van der Waals surface area contributed by atoms with Gasteiger partial charge in [0.15, 0.2) is 5.79 Å². The van der Waals surface area contributed by atoms with Crippen LogP contribution in [0.3, 0.4) is 0 Å². The standard InChI is InChI=1S/C15H24O4/c1-10(16)19-12-5-6-14-8-15(17,18-9-14)7-4-11(14)13(12,2)3/h11-12,17H,4-9H2,1-3H3/t11-,12+,14-,15+/m1/s1. The fourth-order valence-electron chi connectivity index (χ4n) is 4.91. The summed E-state index contributed by atoms with van der Waals surface area (Å²) in [6.07, 6.45) is 4.27. The molecule has 4 heteroatoms. The van der Waals surface area contributed by atoms with Gasteiger partial charge in [0.2, 0.25) is 0 Å². The third-order valence-electron chi connectivity index (χ3n) is 5.76. The van der Waals surface area contributed by atoms with Crippen LogP contribution in [0.25, 0.3) is 0 Å². The second kappa shape index (κ2) is 3.95. The van der Waals surface area contributed by atoms with Crippen molar-refractivity contribution in [2.75, 3.05) is 6.61 Å². The van der Waals surface area contributed by atoms with Crippen LogP contribution in [-0.4, -0.2) is 29.6 Å². The molecule has 4 atom stereocenters. The van der Waals surface area contributed by atoms with Gasteiger partial charge in [-0.25, -0.2) is 0 Å². The van der Waals surface area contributed by atoms with Gasteiger partial charge in [0, 0.05) is 30.6 Å². The SMILES string of the molecule is CC(=O)O[C@H]1CC[C@@]23CO[C@@](O)(CC[C@@H]2C1(C)C)C3. The first-order valence-corrected chi connectivity index (χ1v) is 7.31. The zero-order valence-corrected chi connectivity index (χ0v) is 12.1. The molecule has 0 aromatic rings. The first-order valence-electron chi connectivity index (χ1n) is 7.31. The quantitative estimate of drug-likeness (QED) is 0.741. The van der Waals surface area contributed by atoms with Crippen LogP contribution in [-0.2, 0) is 14.3 Å². The Hall–Kier alpha value is -0.610. The van der Waals surface area contributed by atoms with E-state index in [2.05, 4.69) is 13.8 Å². The van der Waals surface area contributed by atoms with Crippen LogP contribution in [0.1, 0.15) is 52.9 Å². The lowest BCUT2D eigenvalue weighted by Gasteiger charge is -2.55. The maximum Gasteiger partial charge on any atom is 0.302 e. The summed E-state index contributed by atoms with van der Waals surface area (Å²) < 4.78 is 11.2. The van der Waals surface area contributed by atoms with Crippen molar-refractivity contribution < 1.29 is 19.4 Å². The van der Waals surface area contributed by atoms with Gasteiger partial charge in [-0.1, -0.05) is 13.8 Å². The molecule has 1 N–H and O–H groups in total. The molecular formula is C15H24O4. The average Bonchev–Trinajstić information content (AvgIpc) is 2.54. The molecule has 1 saturated heterocycles. The van der Waals surface area contributed by atoms with E-state index >= 15 is 0 Å². The number of fused-ring (bicyclic) bond motifs is 1. The molecule has 0 amide bonds. The second-order valence-electron chi connectivity index (χ2n) is 7.32. The molecule has 1 aliphatic heterocycles. The molecule has 0 unspecified atom stereocenters. The summed E-state index contributed by atoms with van der Waals surface area (Å²) in [5, 5.41) is 10.3. The van der Waals surface area contributed by atoms with Crippen LogP contribution in [0.4, 0.5) is 0 Å². The molecule has 108 valence electrons. The highest BCUT2D eigenvalue weighted by Gasteiger charge is 2.63. The van der Waals surface area contributed by atoms with E-state index in [1.165, 1.54) is 6.92 Å². The second-order valence-corrected chi connectivity index (χ2v) is 7.32. The van der Waals surface area contributed by atoms with E-state index in [0.717, 1.165) is 25.7 Å². The number of carbonyl (C=O) groups is 1. The average molecular weight is 268 g/mol. The van der Waals surface area contributed by atoms with E-state index in [-0.39, 0.29) is 22.9 Å². The van der Waals surface area contributed by atoms with Crippen molar-refractivity contribution >= 4 is 5.97 Å². The van der Waals surface area contributed by atoms with Gasteiger partial charge in [-0.2, -0.15) is 0 Å². The minimum Gasteiger partial charge on any atom is -0.462 e. The molecule has 0 radical (unpaired) electrons. The Morgan fingerprint density at radius 3 is 2.74 bits per heavy atom. The van der Waals surface area contributed by atoms with Gasteiger partial charge < -0.3 is 14.6 Å². The van der Waals surface area contributed by atoms with Crippen LogP contribution >= 0.6 is 0 Å². The fourth-order valence-corrected chi connectivity index (χ4v) is 4.91. The summed E-state index contributed by atoms with van der Waals surface area (Å²) in [4.78, 5) is 11.3. The lowest BCUT2D eigenvalue weighted by Crippen LogP contribution is -2.55. The summed E-state index contributed by atoms with van der Waals surface area (Å²) in [5.41, 5.74) is 0.0477. The molecule has 3 rings (SSSR count). The predicted octanol–water partition coefficient (Wildman–Crippen LogP) is 2.24. The number of ether oxygens (including phenoxy) is 2. The van der Waals surface area contributed by atoms with Crippen LogP contribution in [0, 0.1) is 16.7 Å². The maximum atomic E-state index is 11.3. The monoisotopic (exact) mass is 268 g/mol. The molecule has 4 nitrogen and oxygen atoms in total. The number of carbonyl (C=O) groups excluding carboxylic acids is 1. The number of aliphatic hydroxyl groups is 1. The Morgan fingerprint density at radius 2 is 2.05 bits per heavy atom. The number of hydrogen-bond donors (Lipinski definition) is 1. The van der Waals surface area contributed by atoms with Crippen molar-refractivity contribution in [1.29, 1.82) is 0 Å². The topological polar surface area (TPSA) is 55.8 Å². The molecule has 19 heavy (non-hydrogen) atoms. The lowest BCUT2D eigenvalue weighted by molar-refractivity contribution is -0.193. The van der Waals surface area contributed by atoms with Crippen molar-refractivity contribution in [2.24, 2.45) is 16.7 Å². The molecule has 2 saturated carbocycles. The molecular weight excluding hydrogens is 244 g/mol. The first kappa shape index (κ1) is 13.4. The van der Waals surface area contributed by atoms with Crippen LogP contribution in [0.5, 0.6) is 0 Å². The van der Waals surface area contributed by atoms with E-state index in [1.807, 2.05) is 0 Å². The van der Waals surface area contributed by atoms with E-state index in [9.17, 15) is 9.90 Å². The molecule has 1 spiro atoms. The van der Waals surface area contributed by atoms with Gasteiger partial charge >= 0.3 is 5.97 Å². The molecule has 1 heterocycles. The Balaban J connectivity index is 1.87. The smallest absolute Gasteiger partial charge is 0.302 e. The summed E-state index contributed by atoms with van der Waals surface area (Å²) in [7, 11) is 0.